The van der Waals surface area contributed by atoms with Crippen molar-refractivity contribution < 1.29 is 9.15 Å². The third-order valence-corrected chi connectivity index (χ3v) is 2.19. The van der Waals surface area contributed by atoms with Crippen molar-refractivity contribution in [1.29, 1.82) is 0 Å². The Morgan fingerprint density at radius 2 is 2.33 bits per heavy atom. The SMILES string of the molecule is COC(C)(C)CNC/C=C/c1ccco1. The molecular weight excluding hydrogens is 190 g/mol. The number of rotatable bonds is 6. The van der Waals surface area contributed by atoms with Crippen molar-refractivity contribution >= 4 is 6.08 Å². The standard InChI is InChI=1S/C12H19NO2/c1-12(2,14-3)10-13-8-4-6-11-7-5-9-15-11/h4-7,9,13H,8,10H2,1-3H3/b6-4+. The summed E-state index contributed by atoms with van der Waals surface area (Å²) < 4.78 is 10.4. The molecule has 0 aliphatic heterocycles. The number of ether oxygens (including phenoxy) is 1. The smallest absolute Gasteiger partial charge is 0.126 e. The highest BCUT2D eigenvalue weighted by molar-refractivity contribution is 5.42. The number of hydrogen-bond acceptors (Lipinski definition) is 3. The normalized spacial score (nSPS) is 12.5. The number of furan rings is 1. The van der Waals surface area contributed by atoms with Crippen LogP contribution in [-0.2, 0) is 4.74 Å². The fraction of sp³-hybridized carbons (Fsp3) is 0.500. The van der Waals surface area contributed by atoms with E-state index in [1.54, 1.807) is 13.4 Å². The zero-order chi connectivity index (χ0) is 11.1. The molecule has 3 nitrogen and oxygen atoms in total. The van der Waals surface area contributed by atoms with Crippen molar-refractivity contribution in [2.45, 2.75) is 19.4 Å². The molecule has 3 heteroatoms. The van der Waals surface area contributed by atoms with Gasteiger partial charge in [0.25, 0.3) is 0 Å². The molecule has 0 radical (unpaired) electrons. The Balaban J connectivity index is 2.17. The van der Waals surface area contributed by atoms with E-state index in [0.29, 0.717) is 0 Å². The van der Waals surface area contributed by atoms with Crippen LogP contribution in [0.25, 0.3) is 6.08 Å². The molecule has 0 saturated heterocycles. The van der Waals surface area contributed by atoms with Crippen LogP contribution in [0.5, 0.6) is 0 Å². The van der Waals surface area contributed by atoms with E-state index >= 15 is 0 Å². The minimum Gasteiger partial charge on any atom is -0.465 e. The van der Waals surface area contributed by atoms with E-state index in [-0.39, 0.29) is 5.60 Å². The average Bonchev–Trinajstić information content (AvgIpc) is 2.70. The molecule has 0 fully saturated rings. The molecule has 0 bridgehead atoms. The highest BCUT2D eigenvalue weighted by Gasteiger charge is 2.14. The topological polar surface area (TPSA) is 34.4 Å². The van der Waals surface area contributed by atoms with Crippen LogP contribution >= 0.6 is 0 Å². The van der Waals surface area contributed by atoms with Crippen LogP contribution in [0, 0.1) is 0 Å². The average molecular weight is 209 g/mol. The van der Waals surface area contributed by atoms with Gasteiger partial charge in [-0.3, -0.25) is 0 Å². The summed E-state index contributed by atoms with van der Waals surface area (Å²) in [5.41, 5.74) is -0.113. The van der Waals surface area contributed by atoms with Crippen molar-refractivity contribution in [3.05, 3.63) is 30.2 Å². The third-order valence-electron chi connectivity index (χ3n) is 2.19. The third kappa shape index (κ3) is 4.81. The van der Waals surface area contributed by atoms with Crippen LogP contribution in [0.15, 0.2) is 28.9 Å². The number of nitrogens with one attached hydrogen (secondary N) is 1. The zero-order valence-corrected chi connectivity index (χ0v) is 9.62. The first-order chi connectivity index (χ1) is 7.14. The van der Waals surface area contributed by atoms with Gasteiger partial charge in [-0.05, 0) is 32.1 Å². The molecular formula is C12H19NO2. The molecule has 0 unspecified atom stereocenters. The Hall–Kier alpha value is -1.06. The van der Waals surface area contributed by atoms with Gasteiger partial charge in [-0.1, -0.05) is 6.08 Å². The Bertz CT molecular complexity index is 289. The van der Waals surface area contributed by atoms with E-state index in [0.717, 1.165) is 18.8 Å². The van der Waals surface area contributed by atoms with Crippen LogP contribution in [0.3, 0.4) is 0 Å². The zero-order valence-electron chi connectivity index (χ0n) is 9.62. The van der Waals surface area contributed by atoms with E-state index < -0.39 is 0 Å². The second-order valence-electron chi connectivity index (χ2n) is 4.01. The minimum absolute atomic E-state index is 0.113. The molecule has 0 amide bonds. The van der Waals surface area contributed by atoms with Crippen molar-refractivity contribution in [3.63, 3.8) is 0 Å². The molecule has 0 aliphatic rings. The summed E-state index contributed by atoms with van der Waals surface area (Å²) in [5.74, 6) is 0.878. The van der Waals surface area contributed by atoms with E-state index in [2.05, 4.69) is 19.2 Å². The van der Waals surface area contributed by atoms with Crippen LogP contribution in [0.1, 0.15) is 19.6 Å². The lowest BCUT2D eigenvalue weighted by Crippen LogP contribution is -2.36. The van der Waals surface area contributed by atoms with Gasteiger partial charge < -0.3 is 14.5 Å². The molecule has 0 aromatic carbocycles. The lowest BCUT2D eigenvalue weighted by Gasteiger charge is -2.22. The molecule has 1 rings (SSSR count). The summed E-state index contributed by atoms with van der Waals surface area (Å²) in [6, 6.07) is 3.80. The quantitative estimate of drug-likeness (QED) is 0.730. The van der Waals surface area contributed by atoms with Gasteiger partial charge in [0.2, 0.25) is 0 Å². The van der Waals surface area contributed by atoms with Crippen LogP contribution in [-0.4, -0.2) is 25.8 Å². The predicted molar refractivity (Wildman–Crippen MR) is 61.7 cm³/mol. The van der Waals surface area contributed by atoms with Gasteiger partial charge in [0.1, 0.15) is 5.76 Å². The van der Waals surface area contributed by atoms with E-state index in [9.17, 15) is 0 Å². The van der Waals surface area contributed by atoms with E-state index in [1.807, 2.05) is 24.3 Å². The van der Waals surface area contributed by atoms with Crippen molar-refractivity contribution in [1.82, 2.24) is 5.32 Å². The van der Waals surface area contributed by atoms with Crippen molar-refractivity contribution in [3.8, 4) is 0 Å². The summed E-state index contributed by atoms with van der Waals surface area (Å²) in [6.07, 6.45) is 5.65. The lowest BCUT2D eigenvalue weighted by atomic mass is 10.1. The maximum atomic E-state index is 5.28. The van der Waals surface area contributed by atoms with Crippen LogP contribution in [0.4, 0.5) is 0 Å². The fourth-order valence-electron chi connectivity index (χ4n) is 1.09. The highest BCUT2D eigenvalue weighted by Crippen LogP contribution is 2.04. The molecule has 1 aromatic rings. The first-order valence-corrected chi connectivity index (χ1v) is 5.10. The van der Waals surface area contributed by atoms with Gasteiger partial charge in [0.05, 0.1) is 11.9 Å². The van der Waals surface area contributed by atoms with E-state index in [4.69, 9.17) is 9.15 Å². The van der Waals surface area contributed by atoms with E-state index in [1.165, 1.54) is 0 Å². The van der Waals surface area contributed by atoms with Gasteiger partial charge in [0.15, 0.2) is 0 Å². The summed E-state index contributed by atoms with van der Waals surface area (Å²) >= 11 is 0. The number of methoxy groups -OCH3 is 1. The summed E-state index contributed by atoms with van der Waals surface area (Å²) in [6.45, 7) is 5.74. The van der Waals surface area contributed by atoms with Crippen LogP contribution < -0.4 is 5.32 Å². The summed E-state index contributed by atoms with van der Waals surface area (Å²) in [4.78, 5) is 0. The van der Waals surface area contributed by atoms with Crippen molar-refractivity contribution in [2.75, 3.05) is 20.2 Å². The number of hydrogen-bond donors (Lipinski definition) is 1. The molecule has 1 heterocycles. The molecule has 0 atom stereocenters. The van der Waals surface area contributed by atoms with Crippen LogP contribution in [0.2, 0.25) is 0 Å². The summed E-state index contributed by atoms with van der Waals surface area (Å²) in [7, 11) is 1.72. The molecule has 0 spiro atoms. The largest absolute Gasteiger partial charge is 0.465 e. The first kappa shape index (κ1) is 12.0. The monoisotopic (exact) mass is 209 g/mol. The lowest BCUT2D eigenvalue weighted by molar-refractivity contribution is 0.0241. The summed E-state index contributed by atoms with van der Waals surface area (Å²) in [5, 5.41) is 3.29. The highest BCUT2D eigenvalue weighted by atomic mass is 16.5. The molecule has 0 saturated carbocycles. The molecule has 1 aromatic heterocycles. The second-order valence-corrected chi connectivity index (χ2v) is 4.01. The van der Waals surface area contributed by atoms with Gasteiger partial charge >= 0.3 is 0 Å². The van der Waals surface area contributed by atoms with Gasteiger partial charge in [-0.2, -0.15) is 0 Å². The van der Waals surface area contributed by atoms with Gasteiger partial charge in [-0.25, -0.2) is 0 Å². The first-order valence-electron chi connectivity index (χ1n) is 5.10. The maximum absolute atomic E-state index is 5.28. The second kappa shape index (κ2) is 5.73. The molecule has 15 heavy (non-hydrogen) atoms. The predicted octanol–water partition coefficient (Wildman–Crippen LogP) is 2.31. The maximum Gasteiger partial charge on any atom is 0.126 e. The molecule has 84 valence electrons. The van der Waals surface area contributed by atoms with Crippen molar-refractivity contribution in [2.24, 2.45) is 0 Å². The Labute approximate surface area is 91.1 Å². The Morgan fingerprint density at radius 1 is 1.53 bits per heavy atom. The Morgan fingerprint density at radius 3 is 2.93 bits per heavy atom. The fourth-order valence-corrected chi connectivity index (χ4v) is 1.09. The van der Waals surface area contributed by atoms with Gasteiger partial charge in [-0.15, -0.1) is 0 Å². The molecule has 0 aliphatic carbocycles. The minimum atomic E-state index is -0.113. The Kier molecular flexibility index (Phi) is 4.59. The van der Waals surface area contributed by atoms with Gasteiger partial charge in [0, 0.05) is 20.2 Å². The molecule has 1 N–H and O–H groups in total.